The third-order valence-electron chi connectivity index (χ3n) is 1.93. The Labute approximate surface area is 79.5 Å². The van der Waals surface area contributed by atoms with E-state index in [0.29, 0.717) is 16.7 Å². The Bertz CT molecular complexity index is 558. The van der Waals surface area contributed by atoms with Crippen LogP contribution in [0, 0.1) is 0 Å². The average molecular weight is 188 g/mol. The highest BCUT2D eigenvalue weighted by Gasteiger charge is 2.04. The molecule has 2 N–H and O–H groups in total. The number of aromatic hydroxyl groups is 1. The molecule has 0 amide bonds. The van der Waals surface area contributed by atoms with Crippen LogP contribution in [0.2, 0.25) is 0 Å². The number of rotatable bonds is 1. The Kier molecular flexibility index (Phi) is 1.81. The van der Waals surface area contributed by atoms with Crippen LogP contribution in [0.5, 0.6) is 5.75 Å². The molecule has 1 heterocycles. The zero-order valence-electron chi connectivity index (χ0n) is 7.32. The maximum absolute atomic E-state index is 11.5. The van der Waals surface area contributed by atoms with Crippen molar-refractivity contribution in [1.82, 2.24) is 9.97 Å². The van der Waals surface area contributed by atoms with Gasteiger partial charge < -0.3 is 10.1 Å². The number of aromatic nitrogens is 2. The van der Waals surface area contributed by atoms with Crippen LogP contribution in [0.15, 0.2) is 29.6 Å². The molecule has 0 saturated heterocycles. The molecule has 0 bridgehead atoms. The molecule has 4 heteroatoms. The Morgan fingerprint density at radius 2 is 2.29 bits per heavy atom. The molecular weight excluding hydrogens is 180 g/mol. The number of benzene rings is 1. The predicted molar refractivity (Wildman–Crippen MR) is 54.1 cm³/mol. The van der Waals surface area contributed by atoms with Gasteiger partial charge in [0.2, 0.25) is 0 Å². The molecule has 70 valence electrons. The number of hydrogen-bond donors (Lipinski definition) is 2. The van der Waals surface area contributed by atoms with E-state index in [9.17, 15) is 9.90 Å². The fraction of sp³-hybridized carbons (Fsp3) is 0. The molecule has 0 fully saturated rings. The molecule has 2 rings (SSSR count). The molecule has 2 aromatic rings. The van der Waals surface area contributed by atoms with E-state index in [1.807, 2.05) is 0 Å². The molecule has 1 aromatic carbocycles. The molecule has 0 unspecified atom stereocenters. The van der Waals surface area contributed by atoms with E-state index < -0.39 is 0 Å². The Balaban J connectivity index is 2.97. The van der Waals surface area contributed by atoms with Crippen molar-refractivity contribution in [1.29, 1.82) is 0 Å². The van der Waals surface area contributed by atoms with E-state index in [-0.39, 0.29) is 11.3 Å². The number of aromatic amines is 1. The summed E-state index contributed by atoms with van der Waals surface area (Å²) in [5, 5.41) is 9.84. The molecule has 0 spiro atoms. The second kappa shape index (κ2) is 2.99. The number of para-hydroxylation sites is 1. The maximum atomic E-state index is 11.5. The fourth-order valence-corrected chi connectivity index (χ4v) is 1.26. The van der Waals surface area contributed by atoms with Gasteiger partial charge in [0.25, 0.3) is 5.56 Å². The largest absolute Gasteiger partial charge is 0.506 e. The summed E-state index contributed by atoms with van der Waals surface area (Å²) in [7, 11) is 0. The lowest BCUT2D eigenvalue weighted by molar-refractivity contribution is 0.480. The van der Waals surface area contributed by atoms with Crippen LogP contribution in [0.4, 0.5) is 0 Å². The standard InChI is InChI=1S/C10H8N2O2/c1-2-8-11-9-6(10(14)12-8)4-3-5-7(9)13/h2-5,13H,1H2,(H,11,12,14). The van der Waals surface area contributed by atoms with Gasteiger partial charge in [0.05, 0.1) is 5.39 Å². The minimum Gasteiger partial charge on any atom is -0.506 e. The highest BCUT2D eigenvalue weighted by molar-refractivity contribution is 5.83. The van der Waals surface area contributed by atoms with Gasteiger partial charge in [-0.3, -0.25) is 4.79 Å². The van der Waals surface area contributed by atoms with Crippen molar-refractivity contribution in [3.05, 3.63) is 41.0 Å². The summed E-state index contributed by atoms with van der Waals surface area (Å²) in [5.41, 5.74) is 0.0203. The van der Waals surface area contributed by atoms with Crippen molar-refractivity contribution >= 4 is 17.0 Å². The smallest absolute Gasteiger partial charge is 0.259 e. The fourth-order valence-electron chi connectivity index (χ4n) is 1.26. The number of phenolic OH excluding ortho intramolecular Hbond substituents is 1. The van der Waals surface area contributed by atoms with Gasteiger partial charge in [0.1, 0.15) is 17.1 Å². The second-order valence-corrected chi connectivity index (χ2v) is 2.83. The lowest BCUT2D eigenvalue weighted by Crippen LogP contribution is -2.09. The molecule has 0 saturated carbocycles. The molecule has 0 atom stereocenters. The normalized spacial score (nSPS) is 10.3. The molecule has 0 radical (unpaired) electrons. The summed E-state index contributed by atoms with van der Waals surface area (Å²) >= 11 is 0. The molecule has 4 nitrogen and oxygen atoms in total. The quantitative estimate of drug-likeness (QED) is 0.708. The average Bonchev–Trinajstić information content (AvgIpc) is 2.19. The van der Waals surface area contributed by atoms with Crippen LogP contribution >= 0.6 is 0 Å². The van der Waals surface area contributed by atoms with E-state index in [1.165, 1.54) is 12.1 Å². The van der Waals surface area contributed by atoms with Gasteiger partial charge >= 0.3 is 0 Å². The topological polar surface area (TPSA) is 66.0 Å². The van der Waals surface area contributed by atoms with Crippen molar-refractivity contribution in [3.8, 4) is 5.75 Å². The lowest BCUT2D eigenvalue weighted by Gasteiger charge is -1.99. The second-order valence-electron chi connectivity index (χ2n) is 2.83. The van der Waals surface area contributed by atoms with Crippen LogP contribution in [0.25, 0.3) is 17.0 Å². The minimum atomic E-state index is -0.277. The summed E-state index contributed by atoms with van der Waals surface area (Å²) in [6.45, 7) is 3.49. The van der Waals surface area contributed by atoms with Crippen LogP contribution < -0.4 is 5.56 Å². The summed E-state index contributed by atoms with van der Waals surface area (Å²) in [4.78, 5) is 18.0. The zero-order chi connectivity index (χ0) is 10.1. The number of H-pyrrole nitrogens is 1. The monoisotopic (exact) mass is 188 g/mol. The van der Waals surface area contributed by atoms with Crippen molar-refractivity contribution in [2.24, 2.45) is 0 Å². The highest BCUT2D eigenvalue weighted by atomic mass is 16.3. The van der Waals surface area contributed by atoms with Crippen LogP contribution in [-0.2, 0) is 0 Å². The van der Waals surface area contributed by atoms with Crippen LogP contribution in [-0.4, -0.2) is 15.1 Å². The Morgan fingerprint density at radius 3 is 3.00 bits per heavy atom. The van der Waals surface area contributed by atoms with Gasteiger partial charge in [-0.2, -0.15) is 0 Å². The number of nitrogens with one attached hydrogen (secondary N) is 1. The molecule has 1 aromatic heterocycles. The van der Waals surface area contributed by atoms with Crippen LogP contribution in [0.3, 0.4) is 0 Å². The summed E-state index contributed by atoms with van der Waals surface area (Å²) < 4.78 is 0. The van der Waals surface area contributed by atoms with Gasteiger partial charge in [-0.1, -0.05) is 12.6 Å². The molecule has 14 heavy (non-hydrogen) atoms. The zero-order valence-corrected chi connectivity index (χ0v) is 7.32. The summed E-state index contributed by atoms with van der Waals surface area (Å²) in [6, 6.07) is 4.69. The SMILES string of the molecule is C=Cc1nc2c(O)cccc2c(=O)[nH]1. The van der Waals surface area contributed by atoms with Crippen molar-refractivity contribution in [2.45, 2.75) is 0 Å². The summed E-state index contributed by atoms with van der Waals surface area (Å²) in [6.07, 6.45) is 1.42. The molecule has 0 aliphatic carbocycles. The lowest BCUT2D eigenvalue weighted by atomic mass is 10.2. The Morgan fingerprint density at radius 1 is 1.50 bits per heavy atom. The van der Waals surface area contributed by atoms with Crippen LogP contribution in [0.1, 0.15) is 5.82 Å². The van der Waals surface area contributed by atoms with Gasteiger partial charge in [-0.05, 0) is 18.2 Å². The van der Waals surface area contributed by atoms with Gasteiger partial charge in [-0.25, -0.2) is 4.98 Å². The first kappa shape index (κ1) is 8.50. The Hall–Kier alpha value is -2.10. The first-order valence-electron chi connectivity index (χ1n) is 4.07. The molecular formula is C10H8N2O2. The molecule has 0 aliphatic rings. The van der Waals surface area contributed by atoms with E-state index in [4.69, 9.17) is 0 Å². The first-order chi connectivity index (χ1) is 6.72. The first-order valence-corrected chi connectivity index (χ1v) is 4.07. The van der Waals surface area contributed by atoms with Crippen molar-refractivity contribution in [3.63, 3.8) is 0 Å². The van der Waals surface area contributed by atoms with E-state index >= 15 is 0 Å². The number of phenols is 1. The minimum absolute atomic E-state index is 0.00306. The predicted octanol–water partition coefficient (Wildman–Crippen LogP) is 1.27. The number of nitrogens with zero attached hydrogens (tertiary/aromatic N) is 1. The third kappa shape index (κ3) is 1.17. The van der Waals surface area contributed by atoms with E-state index in [0.717, 1.165) is 0 Å². The van der Waals surface area contributed by atoms with Crippen molar-refractivity contribution in [2.75, 3.05) is 0 Å². The number of hydrogen-bond acceptors (Lipinski definition) is 3. The summed E-state index contributed by atoms with van der Waals surface area (Å²) in [5.74, 6) is 0.348. The highest BCUT2D eigenvalue weighted by Crippen LogP contribution is 2.18. The molecule has 0 aliphatic heterocycles. The van der Waals surface area contributed by atoms with Gasteiger partial charge in [0.15, 0.2) is 0 Å². The van der Waals surface area contributed by atoms with E-state index in [2.05, 4.69) is 16.5 Å². The van der Waals surface area contributed by atoms with Gasteiger partial charge in [0, 0.05) is 0 Å². The van der Waals surface area contributed by atoms with E-state index in [1.54, 1.807) is 12.1 Å². The maximum Gasteiger partial charge on any atom is 0.259 e. The number of fused-ring (bicyclic) bond motifs is 1. The van der Waals surface area contributed by atoms with Gasteiger partial charge in [-0.15, -0.1) is 0 Å². The third-order valence-corrected chi connectivity index (χ3v) is 1.93. The van der Waals surface area contributed by atoms with Crippen molar-refractivity contribution < 1.29 is 5.11 Å².